The molecule has 1 heterocycles. The quantitative estimate of drug-likeness (QED) is 0.455. The second kappa shape index (κ2) is 2.41. The van der Waals surface area contributed by atoms with Gasteiger partial charge in [-0.05, 0) is 12.2 Å². The third-order valence-electron chi connectivity index (χ3n) is 0.964. The van der Waals surface area contributed by atoms with E-state index in [-0.39, 0.29) is 0 Å². The Morgan fingerprint density at radius 2 is 2.25 bits per heavy atom. The third kappa shape index (κ3) is 1.30. The molecule has 0 unspecified atom stereocenters. The Kier molecular flexibility index (Phi) is 1.57. The Bertz CT molecular complexity index is 156. The van der Waals surface area contributed by atoms with Crippen molar-refractivity contribution in [2.75, 3.05) is 0 Å². The molecular weight excluding hydrogens is 98.9 g/mol. The molecule has 2 heteroatoms. The van der Waals surface area contributed by atoms with E-state index >= 15 is 0 Å². The maximum Gasteiger partial charge on any atom is 0.173 e. The Hall–Kier alpha value is -0.915. The summed E-state index contributed by atoms with van der Waals surface area (Å²) in [5.41, 5.74) is 0. The van der Waals surface area contributed by atoms with Gasteiger partial charge in [0.25, 0.3) is 0 Å². The van der Waals surface area contributed by atoms with Crippen molar-refractivity contribution in [3.63, 3.8) is 0 Å². The molecule has 0 aromatic heterocycles. The van der Waals surface area contributed by atoms with Crippen molar-refractivity contribution >= 4 is 7.28 Å². The van der Waals surface area contributed by atoms with Gasteiger partial charge in [0.1, 0.15) is 5.76 Å². The number of aliphatic hydroxyl groups excluding tert-OH is 1. The van der Waals surface area contributed by atoms with Crippen LogP contribution in [0.3, 0.4) is 0 Å². The van der Waals surface area contributed by atoms with Crippen LogP contribution in [0, 0.1) is 0 Å². The Morgan fingerprint density at radius 1 is 1.38 bits per heavy atom. The first-order valence-corrected chi connectivity index (χ1v) is 2.62. The van der Waals surface area contributed by atoms with E-state index in [1.54, 1.807) is 12.2 Å². The normalized spacial score (nSPS) is 16.8. The molecule has 0 saturated heterocycles. The molecule has 1 nitrogen and oxygen atoms in total. The van der Waals surface area contributed by atoms with Crippen molar-refractivity contribution in [1.82, 2.24) is 0 Å². The van der Waals surface area contributed by atoms with Crippen LogP contribution in [0.25, 0.3) is 0 Å². The van der Waals surface area contributed by atoms with Crippen LogP contribution in [0.15, 0.2) is 35.9 Å². The summed E-state index contributed by atoms with van der Waals surface area (Å²) in [4.78, 5) is 0. The average molecular weight is 106 g/mol. The molecule has 0 amide bonds. The summed E-state index contributed by atoms with van der Waals surface area (Å²) in [5, 5.41) is 8.81. The molecule has 1 rings (SSSR count). The number of rotatable bonds is 0. The van der Waals surface area contributed by atoms with Crippen LogP contribution >= 0.6 is 0 Å². The van der Waals surface area contributed by atoms with Crippen LogP contribution < -0.4 is 0 Å². The van der Waals surface area contributed by atoms with E-state index in [9.17, 15) is 0 Å². The van der Waals surface area contributed by atoms with Crippen molar-refractivity contribution in [2.24, 2.45) is 0 Å². The molecule has 0 bridgehead atoms. The summed E-state index contributed by atoms with van der Waals surface area (Å²) in [5.74, 6) is 4.23. The zero-order valence-electron chi connectivity index (χ0n) is 4.54. The molecule has 1 aliphatic heterocycles. The fourth-order valence-corrected chi connectivity index (χ4v) is 0.568. The molecule has 0 spiro atoms. The summed E-state index contributed by atoms with van der Waals surface area (Å²) in [6.45, 7) is 0. The van der Waals surface area contributed by atoms with Crippen molar-refractivity contribution in [2.45, 2.75) is 0 Å². The van der Waals surface area contributed by atoms with E-state index in [0.717, 1.165) is 7.28 Å². The van der Waals surface area contributed by atoms with Crippen LogP contribution in [0.2, 0.25) is 0 Å². The summed E-state index contributed by atoms with van der Waals surface area (Å²) in [6.07, 6.45) is 5.21. The van der Waals surface area contributed by atoms with Crippen LogP contribution in [-0.4, -0.2) is 12.4 Å². The number of allylic oxidation sites excluding steroid dienone is 3. The molecule has 40 valence electrons. The van der Waals surface area contributed by atoms with E-state index < -0.39 is 0 Å². The van der Waals surface area contributed by atoms with E-state index in [1.165, 1.54) is 0 Å². The van der Waals surface area contributed by atoms with E-state index in [1.807, 2.05) is 18.0 Å². The van der Waals surface area contributed by atoms with Gasteiger partial charge in [-0.15, -0.1) is 12.0 Å². The minimum absolute atomic E-state index is 0.332. The van der Waals surface area contributed by atoms with Gasteiger partial charge in [-0.1, -0.05) is 6.08 Å². The Labute approximate surface area is 49.3 Å². The average Bonchev–Trinajstić information content (AvgIpc) is 1.94. The van der Waals surface area contributed by atoms with Gasteiger partial charge in [0.05, 0.1) is 0 Å². The van der Waals surface area contributed by atoms with Crippen molar-refractivity contribution in [3.8, 4) is 0 Å². The van der Waals surface area contributed by atoms with Gasteiger partial charge in [-0.3, -0.25) is 0 Å². The summed E-state index contributed by atoms with van der Waals surface area (Å²) in [6, 6.07) is 0. The van der Waals surface area contributed by atoms with Gasteiger partial charge in [0, 0.05) is 0 Å². The summed E-state index contributed by atoms with van der Waals surface area (Å²) < 4.78 is 0. The molecule has 8 heavy (non-hydrogen) atoms. The summed E-state index contributed by atoms with van der Waals surface area (Å²) >= 11 is 0. The maximum absolute atomic E-state index is 8.81. The smallest absolute Gasteiger partial charge is 0.173 e. The molecular formula is C6H7BO. The molecule has 0 fully saturated rings. The van der Waals surface area contributed by atoms with Crippen LogP contribution in [0.4, 0.5) is 0 Å². The van der Waals surface area contributed by atoms with Crippen LogP contribution in [-0.2, 0) is 0 Å². The fraction of sp³-hybridized carbons (Fsp3) is 0. The highest BCUT2D eigenvalue weighted by Gasteiger charge is 1.84. The fourth-order valence-electron chi connectivity index (χ4n) is 0.568. The lowest BCUT2D eigenvalue weighted by molar-refractivity contribution is 0.433. The second-order valence-electron chi connectivity index (χ2n) is 1.66. The lowest BCUT2D eigenvalue weighted by Gasteiger charge is -1.81. The van der Waals surface area contributed by atoms with E-state index in [4.69, 9.17) is 5.11 Å². The van der Waals surface area contributed by atoms with Crippen molar-refractivity contribution < 1.29 is 5.11 Å². The SMILES string of the molecule is OC1=CC=CBC=C1. The van der Waals surface area contributed by atoms with Gasteiger partial charge in [-0.25, -0.2) is 0 Å². The monoisotopic (exact) mass is 106 g/mol. The largest absolute Gasteiger partial charge is 0.508 e. The molecule has 0 radical (unpaired) electrons. The Morgan fingerprint density at radius 3 is 3.12 bits per heavy atom. The summed E-state index contributed by atoms with van der Waals surface area (Å²) in [7, 11) is 0.917. The predicted molar refractivity (Wildman–Crippen MR) is 36.1 cm³/mol. The first-order valence-electron chi connectivity index (χ1n) is 2.62. The molecule has 0 aliphatic carbocycles. The maximum atomic E-state index is 8.81. The minimum atomic E-state index is 0.332. The van der Waals surface area contributed by atoms with Gasteiger partial charge in [0.2, 0.25) is 0 Å². The molecule has 1 aliphatic rings. The van der Waals surface area contributed by atoms with Gasteiger partial charge < -0.3 is 5.11 Å². The Balaban J connectivity index is 2.73. The van der Waals surface area contributed by atoms with Crippen LogP contribution in [0.5, 0.6) is 0 Å². The predicted octanol–water partition coefficient (Wildman–Crippen LogP) is 0.906. The van der Waals surface area contributed by atoms with Crippen molar-refractivity contribution in [1.29, 1.82) is 0 Å². The highest BCUT2D eigenvalue weighted by molar-refractivity contribution is 6.48. The van der Waals surface area contributed by atoms with Gasteiger partial charge in [0.15, 0.2) is 7.28 Å². The van der Waals surface area contributed by atoms with E-state index in [2.05, 4.69) is 0 Å². The highest BCUT2D eigenvalue weighted by atomic mass is 16.3. The molecule has 0 saturated carbocycles. The first kappa shape index (κ1) is 5.23. The highest BCUT2D eigenvalue weighted by Crippen LogP contribution is 1.94. The van der Waals surface area contributed by atoms with E-state index in [0.29, 0.717) is 5.76 Å². The molecule has 1 N–H and O–H groups in total. The van der Waals surface area contributed by atoms with Gasteiger partial charge in [-0.2, -0.15) is 0 Å². The number of hydrogen-bond donors (Lipinski definition) is 1. The zero-order chi connectivity index (χ0) is 5.82. The van der Waals surface area contributed by atoms with Gasteiger partial charge >= 0.3 is 0 Å². The molecule has 0 aromatic carbocycles. The standard InChI is InChI=1S/C6H7BO/c8-6-2-1-4-7-5-3-6/h1-5,7-8H. The minimum Gasteiger partial charge on any atom is -0.508 e. The third-order valence-corrected chi connectivity index (χ3v) is 0.964. The lowest BCUT2D eigenvalue weighted by atomic mass is 9.79. The first-order chi connectivity index (χ1) is 3.89. The topological polar surface area (TPSA) is 20.2 Å². The second-order valence-corrected chi connectivity index (χ2v) is 1.66. The van der Waals surface area contributed by atoms with Crippen LogP contribution in [0.1, 0.15) is 0 Å². The number of aliphatic hydroxyl groups is 1. The molecule has 0 atom stereocenters. The molecule has 0 aromatic rings. The van der Waals surface area contributed by atoms with Crippen molar-refractivity contribution in [3.05, 3.63) is 35.9 Å². The zero-order valence-corrected chi connectivity index (χ0v) is 4.54. The number of hydrogen-bond acceptors (Lipinski definition) is 1. The lowest BCUT2D eigenvalue weighted by Crippen LogP contribution is -1.72.